The van der Waals surface area contributed by atoms with E-state index in [1.807, 2.05) is 0 Å². The Kier molecular flexibility index (Phi) is 2.31. The standard InChI is InChI=1S/C10H14N6O/c11-8-14-9-12-7(6-4-2-1-3-5-6)13-10(17)16(9)15-8/h6H,1-5H2,(H3,11,12,13,14,15,17). The van der Waals surface area contributed by atoms with Gasteiger partial charge < -0.3 is 5.73 Å². The van der Waals surface area contributed by atoms with E-state index in [1.165, 1.54) is 19.3 Å². The normalized spacial score (nSPS) is 17.6. The molecule has 0 atom stereocenters. The first-order valence-electron chi connectivity index (χ1n) is 5.86. The van der Waals surface area contributed by atoms with Crippen LogP contribution in [0.15, 0.2) is 4.79 Å². The summed E-state index contributed by atoms with van der Waals surface area (Å²) in [4.78, 5) is 22.8. The van der Waals surface area contributed by atoms with Gasteiger partial charge in [-0.15, -0.1) is 9.61 Å². The lowest BCUT2D eigenvalue weighted by atomic mass is 9.89. The lowest BCUT2D eigenvalue weighted by molar-refractivity contribution is 0.426. The fourth-order valence-electron chi connectivity index (χ4n) is 2.40. The van der Waals surface area contributed by atoms with Crippen LogP contribution in [0.3, 0.4) is 0 Å². The Morgan fingerprint density at radius 1 is 1.24 bits per heavy atom. The minimum atomic E-state index is -0.320. The molecule has 0 aliphatic heterocycles. The molecule has 1 aliphatic rings. The molecule has 2 heterocycles. The maximum atomic E-state index is 11.8. The molecule has 17 heavy (non-hydrogen) atoms. The lowest BCUT2D eigenvalue weighted by Crippen LogP contribution is -2.23. The number of hydrogen-bond acceptors (Lipinski definition) is 5. The second-order valence-electron chi connectivity index (χ2n) is 4.44. The summed E-state index contributed by atoms with van der Waals surface area (Å²) in [7, 11) is 0. The van der Waals surface area contributed by atoms with Crippen molar-refractivity contribution in [3.05, 3.63) is 16.3 Å². The van der Waals surface area contributed by atoms with E-state index in [0.29, 0.717) is 5.92 Å². The predicted molar refractivity (Wildman–Crippen MR) is 61.6 cm³/mol. The average Bonchev–Trinajstić information content (AvgIpc) is 2.71. The first kappa shape index (κ1) is 10.2. The molecule has 0 spiro atoms. The largest absolute Gasteiger partial charge is 0.366 e. The Bertz CT molecular complexity index is 594. The van der Waals surface area contributed by atoms with Gasteiger partial charge in [-0.25, -0.2) is 4.79 Å². The fraction of sp³-hybridized carbons (Fsp3) is 0.600. The van der Waals surface area contributed by atoms with Gasteiger partial charge in [-0.2, -0.15) is 9.97 Å². The van der Waals surface area contributed by atoms with Crippen LogP contribution >= 0.6 is 0 Å². The third kappa shape index (κ3) is 1.77. The van der Waals surface area contributed by atoms with E-state index in [9.17, 15) is 4.79 Å². The maximum Gasteiger partial charge on any atom is 0.350 e. The van der Waals surface area contributed by atoms with Crippen LogP contribution in [-0.2, 0) is 0 Å². The van der Waals surface area contributed by atoms with Crippen LogP contribution in [-0.4, -0.2) is 24.6 Å². The van der Waals surface area contributed by atoms with Gasteiger partial charge in [-0.05, 0) is 12.8 Å². The molecule has 0 bridgehead atoms. The van der Waals surface area contributed by atoms with Gasteiger partial charge in [0, 0.05) is 5.92 Å². The number of nitrogens with one attached hydrogen (secondary N) is 1. The van der Waals surface area contributed by atoms with Crippen molar-refractivity contribution in [3.8, 4) is 0 Å². The summed E-state index contributed by atoms with van der Waals surface area (Å²) in [6, 6.07) is 0. The molecule has 1 fully saturated rings. The van der Waals surface area contributed by atoms with Crippen molar-refractivity contribution in [3.63, 3.8) is 0 Å². The van der Waals surface area contributed by atoms with Gasteiger partial charge in [-0.1, -0.05) is 19.3 Å². The zero-order valence-corrected chi connectivity index (χ0v) is 9.39. The molecule has 7 heteroatoms. The van der Waals surface area contributed by atoms with Crippen LogP contribution in [0.2, 0.25) is 0 Å². The molecule has 7 nitrogen and oxygen atoms in total. The summed E-state index contributed by atoms with van der Waals surface area (Å²) >= 11 is 0. The highest BCUT2D eigenvalue weighted by Crippen LogP contribution is 2.29. The molecule has 3 N–H and O–H groups in total. The third-order valence-electron chi connectivity index (χ3n) is 3.25. The Morgan fingerprint density at radius 3 is 2.76 bits per heavy atom. The number of H-pyrrole nitrogens is 1. The SMILES string of the molecule is Nc1nc2nc(C3CCCCC3)[nH]c(=O)n2n1. The minimum Gasteiger partial charge on any atom is -0.366 e. The number of aromatic amines is 1. The van der Waals surface area contributed by atoms with Crippen molar-refractivity contribution in [2.24, 2.45) is 0 Å². The average molecular weight is 234 g/mol. The van der Waals surface area contributed by atoms with E-state index in [4.69, 9.17) is 5.73 Å². The summed E-state index contributed by atoms with van der Waals surface area (Å²) in [5.74, 6) is 1.41. The second-order valence-corrected chi connectivity index (χ2v) is 4.44. The molecular formula is C10H14N6O. The third-order valence-corrected chi connectivity index (χ3v) is 3.25. The van der Waals surface area contributed by atoms with Crippen molar-refractivity contribution < 1.29 is 0 Å². The quantitative estimate of drug-likeness (QED) is 0.745. The topological polar surface area (TPSA) is 102 Å². The van der Waals surface area contributed by atoms with E-state index in [1.54, 1.807) is 0 Å². The van der Waals surface area contributed by atoms with Gasteiger partial charge in [0.2, 0.25) is 5.95 Å². The number of anilines is 1. The van der Waals surface area contributed by atoms with Crippen LogP contribution in [0.1, 0.15) is 43.8 Å². The van der Waals surface area contributed by atoms with E-state index < -0.39 is 0 Å². The first-order chi connectivity index (χ1) is 8.24. The van der Waals surface area contributed by atoms with E-state index in [-0.39, 0.29) is 17.4 Å². The zero-order chi connectivity index (χ0) is 11.8. The van der Waals surface area contributed by atoms with Gasteiger partial charge in [0.25, 0.3) is 5.78 Å². The molecule has 2 aromatic rings. The molecule has 2 aromatic heterocycles. The van der Waals surface area contributed by atoms with E-state index in [0.717, 1.165) is 23.2 Å². The minimum absolute atomic E-state index is 0.0730. The van der Waals surface area contributed by atoms with Crippen molar-refractivity contribution in [2.45, 2.75) is 38.0 Å². The number of nitrogens with zero attached hydrogens (tertiary/aromatic N) is 4. The lowest BCUT2D eigenvalue weighted by Gasteiger charge is -2.20. The molecule has 0 saturated heterocycles. The summed E-state index contributed by atoms with van der Waals surface area (Å²) in [5, 5.41) is 3.78. The molecule has 90 valence electrons. The van der Waals surface area contributed by atoms with Crippen LogP contribution < -0.4 is 11.4 Å². The number of aromatic nitrogens is 5. The zero-order valence-electron chi connectivity index (χ0n) is 9.39. The van der Waals surface area contributed by atoms with Gasteiger partial charge in [0.1, 0.15) is 5.82 Å². The fourth-order valence-corrected chi connectivity index (χ4v) is 2.40. The molecule has 1 saturated carbocycles. The highest BCUT2D eigenvalue weighted by Gasteiger charge is 2.19. The molecule has 0 aromatic carbocycles. The highest BCUT2D eigenvalue weighted by atomic mass is 16.1. The summed E-state index contributed by atoms with van der Waals surface area (Å²) in [6.07, 6.45) is 5.79. The number of fused-ring (bicyclic) bond motifs is 1. The molecule has 3 rings (SSSR count). The molecular weight excluding hydrogens is 220 g/mol. The van der Waals surface area contributed by atoms with Crippen molar-refractivity contribution in [2.75, 3.05) is 5.73 Å². The van der Waals surface area contributed by atoms with E-state index >= 15 is 0 Å². The summed E-state index contributed by atoms with van der Waals surface area (Å²) in [6.45, 7) is 0. The second kappa shape index (κ2) is 3.83. The maximum absolute atomic E-state index is 11.8. The van der Waals surface area contributed by atoms with Crippen LogP contribution in [0.4, 0.5) is 5.95 Å². The van der Waals surface area contributed by atoms with Gasteiger partial charge >= 0.3 is 5.69 Å². The number of nitrogen functional groups attached to an aromatic ring is 1. The number of rotatable bonds is 1. The Labute approximate surface area is 97.1 Å². The first-order valence-corrected chi connectivity index (χ1v) is 5.86. The predicted octanol–water partition coefficient (Wildman–Crippen LogP) is 0.442. The van der Waals surface area contributed by atoms with E-state index in [2.05, 4.69) is 20.1 Å². The van der Waals surface area contributed by atoms with Gasteiger partial charge in [0.05, 0.1) is 0 Å². The molecule has 0 radical (unpaired) electrons. The van der Waals surface area contributed by atoms with Crippen LogP contribution in [0.5, 0.6) is 0 Å². The summed E-state index contributed by atoms with van der Waals surface area (Å²) in [5.41, 5.74) is 5.13. The van der Waals surface area contributed by atoms with Crippen LogP contribution in [0.25, 0.3) is 5.78 Å². The summed E-state index contributed by atoms with van der Waals surface area (Å²) < 4.78 is 1.10. The molecule has 0 unspecified atom stereocenters. The van der Waals surface area contributed by atoms with Gasteiger partial charge in [0.15, 0.2) is 0 Å². The molecule has 0 amide bonds. The smallest absolute Gasteiger partial charge is 0.350 e. The monoisotopic (exact) mass is 234 g/mol. The van der Waals surface area contributed by atoms with Gasteiger partial charge in [-0.3, -0.25) is 4.98 Å². The Morgan fingerprint density at radius 2 is 2.00 bits per heavy atom. The molecule has 1 aliphatic carbocycles. The Hall–Kier alpha value is -1.92. The number of hydrogen-bond donors (Lipinski definition) is 2. The van der Waals surface area contributed by atoms with Crippen molar-refractivity contribution in [1.82, 2.24) is 24.6 Å². The Balaban J connectivity index is 2.08. The van der Waals surface area contributed by atoms with Crippen molar-refractivity contribution >= 4 is 11.7 Å². The van der Waals surface area contributed by atoms with Crippen LogP contribution in [0, 0.1) is 0 Å². The van der Waals surface area contributed by atoms with Crippen molar-refractivity contribution in [1.29, 1.82) is 0 Å². The number of nitrogens with two attached hydrogens (primary N) is 1. The highest BCUT2D eigenvalue weighted by molar-refractivity contribution is 5.32.